The van der Waals surface area contributed by atoms with Crippen LogP contribution in [0.15, 0.2) is 41.1 Å². The summed E-state index contributed by atoms with van der Waals surface area (Å²) in [6, 6.07) is 9.23. The van der Waals surface area contributed by atoms with Crippen molar-refractivity contribution in [1.82, 2.24) is 9.97 Å². The quantitative estimate of drug-likeness (QED) is 0.791. The number of aromatic nitrogens is 2. The van der Waals surface area contributed by atoms with Crippen molar-refractivity contribution < 1.29 is 9.15 Å². The first-order valence-electron chi connectivity index (χ1n) is 6.29. The maximum absolute atomic E-state index is 6.20. The Morgan fingerprint density at radius 1 is 1.20 bits per heavy atom. The molecule has 3 aromatic rings. The van der Waals surface area contributed by atoms with E-state index >= 15 is 0 Å². The van der Waals surface area contributed by atoms with Crippen LogP contribution in [0.4, 0.5) is 0 Å². The van der Waals surface area contributed by atoms with Crippen LogP contribution in [-0.2, 0) is 0 Å². The lowest BCUT2D eigenvalue weighted by Crippen LogP contribution is -2.13. The van der Waals surface area contributed by atoms with Crippen LogP contribution in [0.3, 0.4) is 0 Å². The van der Waals surface area contributed by atoms with Crippen molar-refractivity contribution in [1.29, 1.82) is 0 Å². The second kappa shape index (κ2) is 4.94. The Labute approximate surface area is 116 Å². The Bertz CT molecular complexity index is 752. The number of nitrogens with two attached hydrogens (primary N) is 1. The van der Waals surface area contributed by atoms with Crippen LogP contribution in [0.2, 0.25) is 0 Å². The highest BCUT2D eigenvalue weighted by atomic mass is 16.5. The van der Waals surface area contributed by atoms with E-state index in [0.29, 0.717) is 17.3 Å². The van der Waals surface area contributed by atoms with Crippen molar-refractivity contribution >= 4 is 11.0 Å². The Hall–Kier alpha value is -2.40. The number of benzene rings is 1. The zero-order chi connectivity index (χ0) is 14.1. The lowest BCUT2D eigenvalue weighted by Gasteiger charge is -2.08. The second-order valence-electron chi connectivity index (χ2n) is 4.65. The number of nitrogens with zero attached hydrogens (tertiary/aromatic N) is 2. The number of methoxy groups -OCH3 is 1. The van der Waals surface area contributed by atoms with E-state index in [2.05, 4.69) is 16.0 Å². The molecule has 3 rings (SSSR count). The zero-order valence-corrected chi connectivity index (χ0v) is 11.3. The molecule has 2 heterocycles. The summed E-state index contributed by atoms with van der Waals surface area (Å²) in [5, 5.41) is 1.04. The summed E-state index contributed by atoms with van der Waals surface area (Å²) >= 11 is 0. The molecule has 0 amide bonds. The third kappa shape index (κ3) is 2.23. The highest BCUT2D eigenvalue weighted by Gasteiger charge is 2.16. The van der Waals surface area contributed by atoms with Gasteiger partial charge in [-0.1, -0.05) is 11.6 Å². The van der Waals surface area contributed by atoms with Gasteiger partial charge < -0.3 is 14.9 Å². The van der Waals surface area contributed by atoms with Crippen LogP contribution in [0.1, 0.15) is 23.1 Å². The minimum Gasteiger partial charge on any atom is -0.481 e. The van der Waals surface area contributed by atoms with Gasteiger partial charge in [0.1, 0.15) is 23.7 Å². The van der Waals surface area contributed by atoms with Gasteiger partial charge in [-0.3, -0.25) is 0 Å². The van der Waals surface area contributed by atoms with Crippen molar-refractivity contribution in [3.05, 3.63) is 53.7 Å². The first-order chi connectivity index (χ1) is 9.67. The van der Waals surface area contributed by atoms with Gasteiger partial charge in [-0.25, -0.2) is 9.97 Å². The topological polar surface area (TPSA) is 74.2 Å². The summed E-state index contributed by atoms with van der Waals surface area (Å²) in [4.78, 5) is 8.14. The number of furan rings is 1. The Kier molecular flexibility index (Phi) is 3.12. The Morgan fingerprint density at radius 3 is 2.85 bits per heavy atom. The van der Waals surface area contributed by atoms with Crippen LogP contribution in [0.5, 0.6) is 5.88 Å². The standard InChI is InChI=1S/C15H15N3O2/c1-9-3-4-12-10(5-9)6-13(20-12)15(16)11-7-14(19-2)18-8-17-11/h3-8,15H,16H2,1-2H3. The predicted molar refractivity (Wildman–Crippen MR) is 75.6 cm³/mol. The van der Waals surface area contributed by atoms with Crippen LogP contribution in [0.25, 0.3) is 11.0 Å². The molecule has 0 radical (unpaired) electrons. The number of rotatable bonds is 3. The first-order valence-corrected chi connectivity index (χ1v) is 6.29. The van der Waals surface area contributed by atoms with Gasteiger partial charge in [-0.05, 0) is 25.1 Å². The molecule has 5 heteroatoms. The molecule has 1 atom stereocenters. The van der Waals surface area contributed by atoms with Crippen LogP contribution in [-0.4, -0.2) is 17.1 Å². The van der Waals surface area contributed by atoms with Gasteiger partial charge in [0.25, 0.3) is 0 Å². The summed E-state index contributed by atoms with van der Waals surface area (Å²) < 4.78 is 10.9. The number of fused-ring (bicyclic) bond motifs is 1. The van der Waals surface area contributed by atoms with Crippen LogP contribution in [0, 0.1) is 6.92 Å². The van der Waals surface area contributed by atoms with Gasteiger partial charge in [0.05, 0.1) is 12.8 Å². The average Bonchev–Trinajstić information content (AvgIpc) is 2.89. The molecular weight excluding hydrogens is 254 g/mol. The van der Waals surface area contributed by atoms with E-state index in [1.165, 1.54) is 11.9 Å². The third-order valence-electron chi connectivity index (χ3n) is 3.19. The lowest BCUT2D eigenvalue weighted by atomic mass is 10.1. The SMILES string of the molecule is COc1cc(C(N)c2cc3cc(C)ccc3o2)ncn1. The lowest BCUT2D eigenvalue weighted by molar-refractivity contribution is 0.395. The normalized spacial score (nSPS) is 12.6. The molecule has 0 bridgehead atoms. The number of ether oxygens (including phenoxy) is 1. The maximum atomic E-state index is 6.20. The molecule has 2 N–H and O–H groups in total. The third-order valence-corrected chi connectivity index (χ3v) is 3.19. The van der Waals surface area contributed by atoms with Crippen molar-refractivity contribution in [2.24, 2.45) is 5.73 Å². The highest BCUT2D eigenvalue weighted by Crippen LogP contribution is 2.27. The zero-order valence-electron chi connectivity index (χ0n) is 11.3. The van der Waals surface area contributed by atoms with Gasteiger partial charge in [-0.15, -0.1) is 0 Å². The minimum absolute atomic E-state index is 0.445. The maximum Gasteiger partial charge on any atom is 0.216 e. The molecule has 0 fully saturated rings. The Morgan fingerprint density at radius 2 is 2.05 bits per heavy atom. The summed E-state index contributed by atoms with van der Waals surface area (Å²) in [5.74, 6) is 1.16. The number of hydrogen-bond donors (Lipinski definition) is 1. The van der Waals surface area contributed by atoms with E-state index in [9.17, 15) is 0 Å². The van der Waals surface area contributed by atoms with Crippen LogP contribution < -0.4 is 10.5 Å². The molecule has 0 aliphatic rings. The van der Waals surface area contributed by atoms with Gasteiger partial charge in [-0.2, -0.15) is 0 Å². The van der Waals surface area contributed by atoms with E-state index in [0.717, 1.165) is 11.0 Å². The van der Waals surface area contributed by atoms with E-state index in [1.807, 2.05) is 25.1 Å². The molecule has 1 unspecified atom stereocenters. The molecule has 0 aliphatic heterocycles. The van der Waals surface area contributed by atoms with E-state index < -0.39 is 6.04 Å². The average molecular weight is 269 g/mol. The molecule has 102 valence electrons. The molecule has 1 aromatic carbocycles. The molecule has 5 nitrogen and oxygen atoms in total. The molecule has 0 saturated carbocycles. The van der Waals surface area contributed by atoms with Gasteiger partial charge in [0, 0.05) is 11.5 Å². The van der Waals surface area contributed by atoms with Crippen LogP contribution >= 0.6 is 0 Å². The summed E-state index contributed by atoms with van der Waals surface area (Å²) in [6.07, 6.45) is 1.43. The van der Waals surface area contributed by atoms with Crippen molar-refractivity contribution in [3.63, 3.8) is 0 Å². The molecule has 0 spiro atoms. The van der Waals surface area contributed by atoms with E-state index in [1.54, 1.807) is 13.2 Å². The summed E-state index contributed by atoms with van der Waals surface area (Å²) in [7, 11) is 1.56. The summed E-state index contributed by atoms with van der Waals surface area (Å²) in [6.45, 7) is 2.04. The molecule has 0 aliphatic carbocycles. The molecule has 0 saturated heterocycles. The monoisotopic (exact) mass is 269 g/mol. The summed E-state index contributed by atoms with van der Waals surface area (Å²) in [5.41, 5.74) is 8.87. The molecular formula is C15H15N3O2. The van der Waals surface area contributed by atoms with Gasteiger partial charge in [0.2, 0.25) is 5.88 Å². The van der Waals surface area contributed by atoms with Crippen molar-refractivity contribution in [3.8, 4) is 5.88 Å². The van der Waals surface area contributed by atoms with Gasteiger partial charge >= 0.3 is 0 Å². The molecule has 20 heavy (non-hydrogen) atoms. The van der Waals surface area contributed by atoms with E-state index in [-0.39, 0.29) is 0 Å². The fourth-order valence-corrected chi connectivity index (χ4v) is 2.12. The fraction of sp³-hybridized carbons (Fsp3) is 0.200. The number of hydrogen-bond acceptors (Lipinski definition) is 5. The predicted octanol–water partition coefficient (Wildman–Crippen LogP) is 2.59. The minimum atomic E-state index is -0.445. The second-order valence-corrected chi connectivity index (χ2v) is 4.65. The fourth-order valence-electron chi connectivity index (χ4n) is 2.12. The van der Waals surface area contributed by atoms with E-state index in [4.69, 9.17) is 14.9 Å². The molecule has 2 aromatic heterocycles. The number of aryl methyl sites for hydroxylation is 1. The van der Waals surface area contributed by atoms with Crippen molar-refractivity contribution in [2.45, 2.75) is 13.0 Å². The largest absolute Gasteiger partial charge is 0.481 e. The highest BCUT2D eigenvalue weighted by molar-refractivity contribution is 5.78. The van der Waals surface area contributed by atoms with Crippen molar-refractivity contribution in [2.75, 3.05) is 7.11 Å². The van der Waals surface area contributed by atoms with Gasteiger partial charge in [0.15, 0.2) is 0 Å². The Balaban J connectivity index is 2.00. The first kappa shape index (κ1) is 12.6. The smallest absolute Gasteiger partial charge is 0.216 e.